The van der Waals surface area contributed by atoms with Gasteiger partial charge in [0.15, 0.2) is 11.5 Å². The summed E-state index contributed by atoms with van der Waals surface area (Å²) in [6.07, 6.45) is 1.47. The van der Waals surface area contributed by atoms with Gasteiger partial charge in [-0.05, 0) is 61.0 Å². The van der Waals surface area contributed by atoms with Gasteiger partial charge in [-0.3, -0.25) is 9.59 Å². The fourth-order valence-electron chi connectivity index (χ4n) is 3.87. The maximum atomic E-state index is 13.1. The normalized spacial score (nSPS) is 17.4. The number of nitrogens with zero attached hydrogens (tertiary/aromatic N) is 1. The van der Waals surface area contributed by atoms with Crippen LogP contribution in [0.2, 0.25) is 0 Å². The first-order valence-corrected chi connectivity index (χ1v) is 10.4. The van der Waals surface area contributed by atoms with Crippen molar-refractivity contribution in [3.63, 3.8) is 0 Å². The number of carbonyl (C=O) groups is 2. The third-order valence-corrected chi connectivity index (χ3v) is 5.40. The van der Waals surface area contributed by atoms with E-state index in [4.69, 9.17) is 13.9 Å². The molecule has 1 fully saturated rings. The fraction of sp³-hybridized carbons (Fsp3) is 0.200. The second-order valence-electron chi connectivity index (χ2n) is 7.40. The van der Waals surface area contributed by atoms with Gasteiger partial charge in [0.1, 0.15) is 17.3 Å². The molecule has 1 atom stereocenters. The summed E-state index contributed by atoms with van der Waals surface area (Å²) in [4.78, 5) is 27.4. The molecule has 4 rings (SSSR count). The van der Waals surface area contributed by atoms with Crippen LogP contribution in [-0.2, 0) is 16.1 Å². The number of aromatic hydroxyl groups is 1. The highest BCUT2D eigenvalue weighted by molar-refractivity contribution is 6.46. The van der Waals surface area contributed by atoms with Gasteiger partial charge < -0.3 is 29.0 Å². The molecule has 0 saturated carbocycles. The van der Waals surface area contributed by atoms with Crippen molar-refractivity contribution < 1.29 is 33.7 Å². The van der Waals surface area contributed by atoms with Crippen molar-refractivity contribution in [2.45, 2.75) is 19.5 Å². The van der Waals surface area contributed by atoms with E-state index in [9.17, 15) is 19.8 Å². The number of methoxy groups -OCH3 is 1. The van der Waals surface area contributed by atoms with Crippen LogP contribution in [0, 0.1) is 0 Å². The van der Waals surface area contributed by atoms with Crippen LogP contribution in [-0.4, -0.2) is 40.5 Å². The Hall–Kier alpha value is -4.20. The van der Waals surface area contributed by atoms with Gasteiger partial charge in [0.2, 0.25) is 0 Å². The average molecular weight is 449 g/mol. The van der Waals surface area contributed by atoms with E-state index in [1.165, 1.54) is 30.4 Å². The van der Waals surface area contributed by atoms with Crippen molar-refractivity contribution in [1.29, 1.82) is 0 Å². The molecule has 3 aromatic rings. The molecule has 0 radical (unpaired) electrons. The highest BCUT2D eigenvalue weighted by Gasteiger charge is 2.46. The molecule has 1 aliphatic rings. The van der Waals surface area contributed by atoms with Crippen molar-refractivity contribution >= 4 is 17.4 Å². The third-order valence-electron chi connectivity index (χ3n) is 5.40. The largest absolute Gasteiger partial charge is 0.507 e. The molecule has 170 valence electrons. The molecule has 1 saturated heterocycles. The second kappa shape index (κ2) is 9.12. The lowest BCUT2D eigenvalue weighted by atomic mass is 9.95. The first-order chi connectivity index (χ1) is 15.9. The number of rotatable bonds is 7. The number of Topliss-reactive ketones (excluding diaryl/α,β-unsaturated/α-hetero) is 1. The van der Waals surface area contributed by atoms with Gasteiger partial charge in [0.05, 0.1) is 38.1 Å². The van der Waals surface area contributed by atoms with E-state index < -0.39 is 17.7 Å². The maximum absolute atomic E-state index is 13.1. The number of amides is 1. The number of phenols is 1. The Morgan fingerprint density at radius 2 is 1.88 bits per heavy atom. The zero-order valence-corrected chi connectivity index (χ0v) is 18.1. The van der Waals surface area contributed by atoms with Crippen molar-refractivity contribution in [2.75, 3.05) is 13.7 Å². The zero-order valence-electron chi connectivity index (χ0n) is 18.1. The number of benzene rings is 2. The Balaban J connectivity index is 1.84. The monoisotopic (exact) mass is 449 g/mol. The predicted octanol–water partition coefficient (Wildman–Crippen LogP) is 4.01. The number of phenolic OH excluding ortho intramolecular Hbond substituents is 1. The highest BCUT2D eigenvalue weighted by Crippen LogP contribution is 2.42. The molecular formula is C25H23NO7. The van der Waals surface area contributed by atoms with Gasteiger partial charge in [-0.1, -0.05) is 6.07 Å². The molecule has 1 aromatic heterocycles. The van der Waals surface area contributed by atoms with Gasteiger partial charge in [0.25, 0.3) is 11.7 Å². The number of likely N-dealkylation sites (tertiary alicyclic amines) is 1. The summed E-state index contributed by atoms with van der Waals surface area (Å²) in [6, 6.07) is 13.6. The molecule has 2 N–H and O–H groups in total. The molecule has 8 heteroatoms. The number of aliphatic hydroxyl groups excluding tert-OH is 1. The Morgan fingerprint density at radius 1 is 1.12 bits per heavy atom. The minimum absolute atomic E-state index is 0.00902. The summed E-state index contributed by atoms with van der Waals surface area (Å²) in [6.45, 7) is 2.36. The SMILES string of the molecule is CCOc1ccc(/C(O)=C2/C(=O)C(=O)N(Cc3ccco3)C2c2ccc(OC)c(O)c2)cc1. The van der Waals surface area contributed by atoms with E-state index in [2.05, 4.69) is 0 Å². The number of ketones is 1. The van der Waals surface area contributed by atoms with Gasteiger partial charge in [-0.15, -0.1) is 0 Å². The summed E-state index contributed by atoms with van der Waals surface area (Å²) < 4.78 is 15.9. The van der Waals surface area contributed by atoms with Gasteiger partial charge in [-0.25, -0.2) is 0 Å². The molecule has 2 heterocycles. The van der Waals surface area contributed by atoms with E-state index in [1.807, 2.05) is 6.92 Å². The second-order valence-corrected chi connectivity index (χ2v) is 7.40. The van der Waals surface area contributed by atoms with Gasteiger partial charge in [-0.2, -0.15) is 0 Å². The molecule has 0 bridgehead atoms. The predicted molar refractivity (Wildman–Crippen MR) is 119 cm³/mol. The summed E-state index contributed by atoms with van der Waals surface area (Å²) in [5.74, 6) is -0.747. The average Bonchev–Trinajstić information content (AvgIpc) is 3.42. The van der Waals surface area contributed by atoms with Crippen LogP contribution < -0.4 is 9.47 Å². The van der Waals surface area contributed by atoms with E-state index in [-0.39, 0.29) is 29.4 Å². The lowest BCUT2D eigenvalue weighted by Crippen LogP contribution is -2.29. The summed E-state index contributed by atoms with van der Waals surface area (Å²) in [5.41, 5.74) is 0.712. The summed E-state index contributed by atoms with van der Waals surface area (Å²) in [7, 11) is 1.42. The molecule has 1 amide bonds. The summed E-state index contributed by atoms with van der Waals surface area (Å²) >= 11 is 0. The third kappa shape index (κ3) is 4.15. The molecule has 33 heavy (non-hydrogen) atoms. The van der Waals surface area contributed by atoms with Crippen molar-refractivity contribution in [3.8, 4) is 17.2 Å². The molecular weight excluding hydrogens is 426 g/mol. The van der Waals surface area contributed by atoms with E-state index in [0.29, 0.717) is 29.2 Å². The Morgan fingerprint density at radius 3 is 2.48 bits per heavy atom. The number of carbonyl (C=O) groups excluding carboxylic acids is 2. The topological polar surface area (TPSA) is 109 Å². The Labute approximate surface area is 190 Å². The Bertz CT molecular complexity index is 1200. The van der Waals surface area contributed by atoms with Crippen LogP contribution in [0.25, 0.3) is 5.76 Å². The molecule has 0 spiro atoms. The molecule has 1 aliphatic heterocycles. The molecule has 2 aromatic carbocycles. The van der Waals surface area contributed by atoms with Crippen molar-refractivity contribution in [2.24, 2.45) is 0 Å². The smallest absolute Gasteiger partial charge is 0.296 e. The standard InChI is InChI=1S/C25H23NO7/c1-3-32-17-9-6-15(7-10-17)23(28)21-22(16-8-11-20(31-2)19(27)13-16)26(25(30)24(21)29)14-18-5-4-12-33-18/h4-13,22,27-28H,3,14H2,1-2H3/b23-21-. The lowest BCUT2D eigenvalue weighted by molar-refractivity contribution is -0.140. The van der Waals surface area contributed by atoms with Crippen LogP contribution >= 0.6 is 0 Å². The zero-order chi connectivity index (χ0) is 23.5. The number of ether oxygens (including phenoxy) is 2. The first kappa shape index (κ1) is 22.0. The molecule has 1 unspecified atom stereocenters. The number of hydrogen-bond donors (Lipinski definition) is 2. The lowest BCUT2D eigenvalue weighted by Gasteiger charge is -2.25. The van der Waals surface area contributed by atoms with E-state index in [1.54, 1.807) is 42.5 Å². The molecule has 8 nitrogen and oxygen atoms in total. The highest BCUT2D eigenvalue weighted by atomic mass is 16.5. The quantitative estimate of drug-likeness (QED) is 0.319. The van der Waals surface area contributed by atoms with Crippen LogP contribution in [0.1, 0.15) is 29.9 Å². The van der Waals surface area contributed by atoms with E-state index >= 15 is 0 Å². The minimum Gasteiger partial charge on any atom is -0.507 e. The number of furan rings is 1. The van der Waals surface area contributed by atoms with Crippen LogP contribution in [0.3, 0.4) is 0 Å². The number of hydrogen-bond acceptors (Lipinski definition) is 7. The summed E-state index contributed by atoms with van der Waals surface area (Å²) in [5, 5.41) is 21.4. The van der Waals surface area contributed by atoms with Gasteiger partial charge in [0, 0.05) is 5.56 Å². The Kier molecular flexibility index (Phi) is 6.08. The van der Waals surface area contributed by atoms with Crippen LogP contribution in [0.15, 0.2) is 70.9 Å². The van der Waals surface area contributed by atoms with Crippen molar-refractivity contribution in [3.05, 3.63) is 83.3 Å². The van der Waals surface area contributed by atoms with Crippen molar-refractivity contribution in [1.82, 2.24) is 4.90 Å². The van der Waals surface area contributed by atoms with Crippen LogP contribution in [0.5, 0.6) is 17.2 Å². The minimum atomic E-state index is -0.946. The van der Waals surface area contributed by atoms with Crippen LogP contribution in [0.4, 0.5) is 0 Å². The first-order valence-electron chi connectivity index (χ1n) is 10.4. The molecule has 0 aliphatic carbocycles. The maximum Gasteiger partial charge on any atom is 0.296 e. The fourth-order valence-corrected chi connectivity index (χ4v) is 3.87. The number of aliphatic hydroxyl groups is 1. The van der Waals surface area contributed by atoms with E-state index in [0.717, 1.165) is 0 Å². The van der Waals surface area contributed by atoms with Gasteiger partial charge >= 0.3 is 0 Å².